The fourth-order valence-corrected chi connectivity index (χ4v) is 2.63. The SMILES string of the molecule is COc1ccc(C(CCBr)C(C)C)cc1C. The third kappa shape index (κ3) is 3.24. The molecule has 0 aliphatic rings. The standard InChI is InChI=1S/C14H21BrO/c1-10(2)13(7-8-15)12-5-6-14(16-4)11(3)9-12/h5-6,9-10,13H,7-8H2,1-4H3. The van der Waals surface area contributed by atoms with E-state index in [-0.39, 0.29) is 0 Å². The summed E-state index contributed by atoms with van der Waals surface area (Å²) in [5.41, 5.74) is 2.65. The molecule has 16 heavy (non-hydrogen) atoms. The van der Waals surface area contributed by atoms with E-state index < -0.39 is 0 Å². The summed E-state index contributed by atoms with van der Waals surface area (Å²) in [6, 6.07) is 6.53. The molecule has 0 radical (unpaired) electrons. The number of alkyl halides is 1. The second kappa shape index (κ2) is 6.29. The van der Waals surface area contributed by atoms with E-state index in [4.69, 9.17) is 4.74 Å². The van der Waals surface area contributed by atoms with E-state index in [1.165, 1.54) is 17.5 Å². The van der Waals surface area contributed by atoms with Crippen molar-refractivity contribution in [3.05, 3.63) is 29.3 Å². The van der Waals surface area contributed by atoms with Crippen LogP contribution in [0.4, 0.5) is 0 Å². The van der Waals surface area contributed by atoms with Crippen molar-refractivity contribution in [1.82, 2.24) is 0 Å². The van der Waals surface area contributed by atoms with Crippen molar-refractivity contribution in [2.75, 3.05) is 12.4 Å². The lowest BCUT2D eigenvalue weighted by molar-refractivity contribution is 0.410. The number of hydrogen-bond donors (Lipinski definition) is 0. The average molecular weight is 285 g/mol. The monoisotopic (exact) mass is 284 g/mol. The molecule has 0 N–H and O–H groups in total. The van der Waals surface area contributed by atoms with Crippen molar-refractivity contribution in [3.8, 4) is 5.75 Å². The lowest BCUT2D eigenvalue weighted by atomic mass is 9.86. The maximum absolute atomic E-state index is 5.29. The van der Waals surface area contributed by atoms with Gasteiger partial charge in [-0.2, -0.15) is 0 Å². The zero-order valence-electron chi connectivity index (χ0n) is 10.6. The van der Waals surface area contributed by atoms with Crippen LogP contribution in [0.5, 0.6) is 5.75 Å². The van der Waals surface area contributed by atoms with Crippen molar-refractivity contribution < 1.29 is 4.74 Å². The van der Waals surface area contributed by atoms with Crippen LogP contribution in [0, 0.1) is 12.8 Å². The van der Waals surface area contributed by atoms with Crippen molar-refractivity contribution in [3.63, 3.8) is 0 Å². The number of ether oxygens (including phenoxy) is 1. The molecule has 1 aromatic carbocycles. The molecule has 0 aromatic heterocycles. The van der Waals surface area contributed by atoms with Crippen LogP contribution < -0.4 is 4.74 Å². The highest BCUT2D eigenvalue weighted by atomic mass is 79.9. The molecule has 1 atom stereocenters. The first kappa shape index (κ1) is 13.6. The van der Waals surface area contributed by atoms with E-state index in [0.29, 0.717) is 11.8 Å². The predicted octanol–water partition coefficient (Wildman–Crippen LogP) is 4.53. The highest BCUT2D eigenvalue weighted by Crippen LogP contribution is 2.31. The minimum atomic E-state index is 0.629. The first-order chi connectivity index (χ1) is 7.60. The highest BCUT2D eigenvalue weighted by Gasteiger charge is 2.15. The molecule has 1 unspecified atom stereocenters. The summed E-state index contributed by atoms with van der Waals surface area (Å²) in [5, 5.41) is 1.06. The van der Waals surface area contributed by atoms with E-state index >= 15 is 0 Å². The van der Waals surface area contributed by atoms with Crippen molar-refractivity contribution in [2.24, 2.45) is 5.92 Å². The van der Waals surface area contributed by atoms with Crippen LogP contribution in [-0.2, 0) is 0 Å². The van der Waals surface area contributed by atoms with Gasteiger partial charge in [0.1, 0.15) is 5.75 Å². The van der Waals surface area contributed by atoms with Crippen LogP contribution in [0.1, 0.15) is 37.3 Å². The second-order valence-electron chi connectivity index (χ2n) is 4.56. The molecular weight excluding hydrogens is 264 g/mol. The van der Waals surface area contributed by atoms with Crippen molar-refractivity contribution in [1.29, 1.82) is 0 Å². The van der Waals surface area contributed by atoms with Crippen molar-refractivity contribution in [2.45, 2.75) is 33.1 Å². The summed E-state index contributed by atoms with van der Waals surface area (Å²) in [6.45, 7) is 6.67. The van der Waals surface area contributed by atoms with Crippen LogP contribution >= 0.6 is 15.9 Å². The Bertz CT molecular complexity index is 334. The summed E-state index contributed by atoms with van der Waals surface area (Å²) in [7, 11) is 1.72. The average Bonchev–Trinajstić information content (AvgIpc) is 2.25. The molecule has 0 saturated carbocycles. The maximum atomic E-state index is 5.29. The number of rotatable bonds is 5. The topological polar surface area (TPSA) is 9.23 Å². The van der Waals surface area contributed by atoms with E-state index in [9.17, 15) is 0 Å². The summed E-state index contributed by atoms with van der Waals surface area (Å²) >= 11 is 3.54. The minimum absolute atomic E-state index is 0.629. The first-order valence-corrected chi connectivity index (χ1v) is 6.92. The second-order valence-corrected chi connectivity index (χ2v) is 5.35. The van der Waals surface area contributed by atoms with Gasteiger partial charge in [0.15, 0.2) is 0 Å². The largest absolute Gasteiger partial charge is 0.496 e. The Hall–Kier alpha value is -0.500. The Kier molecular flexibility index (Phi) is 5.33. The van der Waals surface area contributed by atoms with Crippen LogP contribution in [0.2, 0.25) is 0 Å². The molecule has 90 valence electrons. The molecular formula is C14H21BrO. The van der Waals surface area contributed by atoms with Gasteiger partial charge in [-0.1, -0.05) is 41.9 Å². The molecule has 0 aliphatic carbocycles. The van der Waals surface area contributed by atoms with Crippen LogP contribution in [0.25, 0.3) is 0 Å². The van der Waals surface area contributed by atoms with Gasteiger partial charge in [-0.15, -0.1) is 0 Å². The molecule has 0 saturated heterocycles. The van der Waals surface area contributed by atoms with Gasteiger partial charge in [-0.25, -0.2) is 0 Å². The number of hydrogen-bond acceptors (Lipinski definition) is 1. The van der Waals surface area contributed by atoms with Crippen LogP contribution in [0.3, 0.4) is 0 Å². The first-order valence-electron chi connectivity index (χ1n) is 5.80. The smallest absolute Gasteiger partial charge is 0.121 e. The van der Waals surface area contributed by atoms with Crippen LogP contribution in [0.15, 0.2) is 18.2 Å². The zero-order valence-corrected chi connectivity index (χ0v) is 12.2. The van der Waals surface area contributed by atoms with Gasteiger partial charge in [-0.3, -0.25) is 0 Å². The molecule has 0 heterocycles. The number of halogens is 1. The number of aryl methyl sites for hydroxylation is 1. The van der Waals surface area contributed by atoms with E-state index in [1.807, 2.05) is 0 Å². The van der Waals surface area contributed by atoms with E-state index in [1.54, 1.807) is 7.11 Å². The van der Waals surface area contributed by atoms with Crippen molar-refractivity contribution >= 4 is 15.9 Å². The maximum Gasteiger partial charge on any atom is 0.121 e. The van der Waals surface area contributed by atoms with Crippen LogP contribution in [-0.4, -0.2) is 12.4 Å². The molecule has 0 bridgehead atoms. The Balaban J connectivity index is 2.97. The van der Waals surface area contributed by atoms with Gasteiger partial charge in [-0.05, 0) is 42.4 Å². The summed E-state index contributed by atoms with van der Waals surface area (Å²) < 4.78 is 5.29. The highest BCUT2D eigenvalue weighted by molar-refractivity contribution is 9.09. The van der Waals surface area contributed by atoms with Gasteiger partial charge in [0, 0.05) is 5.33 Å². The molecule has 0 amide bonds. The minimum Gasteiger partial charge on any atom is -0.496 e. The normalized spacial score (nSPS) is 12.9. The Morgan fingerprint density at radius 1 is 1.31 bits per heavy atom. The number of benzene rings is 1. The van der Waals surface area contributed by atoms with E-state index in [0.717, 1.165) is 11.1 Å². The molecule has 0 aliphatic heterocycles. The van der Waals surface area contributed by atoms with Gasteiger partial charge in [0.05, 0.1) is 7.11 Å². The summed E-state index contributed by atoms with van der Waals surface area (Å²) in [5.74, 6) is 2.28. The van der Waals surface area contributed by atoms with Gasteiger partial charge < -0.3 is 4.74 Å². The Morgan fingerprint density at radius 3 is 2.44 bits per heavy atom. The zero-order chi connectivity index (χ0) is 12.1. The Labute approximate surface area is 107 Å². The van der Waals surface area contributed by atoms with E-state index in [2.05, 4.69) is 54.9 Å². The molecule has 2 heteroatoms. The third-order valence-electron chi connectivity index (χ3n) is 3.07. The van der Waals surface area contributed by atoms with Gasteiger partial charge in [0.2, 0.25) is 0 Å². The molecule has 0 spiro atoms. The molecule has 1 rings (SSSR count). The fourth-order valence-electron chi connectivity index (χ4n) is 2.13. The summed E-state index contributed by atoms with van der Waals surface area (Å²) in [6.07, 6.45) is 1.18. The Morgan fingerprint density at radius 2 is 2.00 bits per heavy atom. The predicted molar refractivity (Wildman–Crippen MR) is 73.7 cm³/mol. The van der Waals surface area contributed by atoms with Gasteiger partial charge >= 0.3 is 0 Å². The lowest BCUT2D eigenvalue weighted by Gasteiger charge is -2.21. The third-order valence-corrected chi connectivity index (χ3v) is 3.53. The molecule has 0 fully saturated rings. The molecule has 1 aromatic rings. The summed E-state index contributed by atoms with van der Waals surface area (Å²) in [4.78, 5) is 0. The number of methoxy groups -OCH3 is 1. The lowest BCUT2D eigenvalue weighted by Crippen LogP contribution is -2.07. The quantitative estimate of drug-likeness (QED) is 0.722. The fraction of sp³-hybridized carbons (Fsp3) is 0.571. The van der Waals surface area contributed by atoms with Gasteiger partial charge in [0.25, 0.3) is 0 Å². The molecule has 1 nitrogen and oxygen atoms in total.